The predicted molar refractivity (Wildman–Crippen MR) is 75.5 cm³/mol. The average Bonchev–Trinajstić information content (AvgIpc) is 2.87. The molecule has 1 aromatic carbocycles. The molecule has 1 atom stereocenters. The van der Waals surface area contributed by atoms with Gasteiger partial charge in [-0.15, -0.1) is 0 Å². The van der Waals surface area contributed by atoms with Gasteiger partial charge in [-0.2, -0.15) is 5.10 Å². The van der Waals surface area contributed by atoms with Gasteiger partial charge in [-0.1, -0.05) is 15.9 Å². The summed E-state index contributed by atoms with van der Waals surface area (Å²) < 4.78 is 6.98. The smallest absolute Gasteiger partial charge is 0.179 e. The Kier molecular flexibility index (Phi) is 3.14. The molecule has 19 heavy (non-hydrogen) atoms. The molecule has 2 aromatic rings. The number of hydrogen-bond donors (Lipinski definition) is 0. The average molecular weight is 321 g/mol. The van der Waals surface area contributed by atoms with Gasteiger partial charge in [0.1, 0.15) is 5.75 Å². The Labute approximate surface area is 119 Å². The van der Waals surface area contributed by atoms with Crippen LogP contribution in [-0.4, -0.2) is 27.5 Å². The summed E-state index contributed by atoms with van der Waals surface area (Å²) in [7, 11) is 1.64. The normalized spacial score (nSPS) is 18.2. The second-order valence-electron chi connectivity index (χ2n) is 4.49. The van der Waals surface area contributed by atoms with Gasteiger partial charge in [0.05, 0.1) is 35.1 Å². The van der Waals surface area contributed by atoms with Crippen LogP contribution in [0.25, 0.3) is 5.69 Å². The van der Waals surface area contributed by atoms with E-state index in [1.807, 2.05) is 28.9 Å². The van der Waals surface area contributed by atoms with E-state index in [1.54, 1.807) is 13.3 Å². The monoisotopic (exact) mass is 320 g/mol. The van der Waals surface area contributed by atoms with E-state index < -0.39 is 0 Å². The van der Waals surface area contributed by atoms with E-state index in [4.69, 9.17) is 4.74 Å². The highest BCUT2D eigenvalue weighted by Crippen LogP contribution is 2.27. The van der Waals surface area contributed by atoms with E-state index in [9.17, 15) is 4.79 Å². The molecule has 1 aliphatic rings. The molecule has 0 radical (unpaired) electrons. The molecule has 0 fully saturated rings. The molecule has 0 saturated heterocycles. The molecule has 0 spiro atoms. The van der Waals surface area contributed by atoms with Crippen molar-refractivity contribution in [3.63, 3.8) is 0 Å². The number of hydrogen-bond acceptors (Lipinski definition) is 3. The third-order valence-electron chi connectivity index (χ3n) is 3.37. The van der Waals surface area contributed by atoms with Crippen molar-refractivity contribution >= 4 is 21.7 Å². The number of ketones is 1. The summed E-state index contributed by atoms with van der Waals surface area (Å²) in [6.45, 7) is 0. The Balaban J connectivity index is 2.02. The maximum Gasteiger partial charge on any atom is 0.179 e. The molecule has 1 aliphatic carbocycles. The van der Waals surface area contributed by atoms with Crippen LogP contribution in [0.4, 0.5) is 0 Å². The topological polar surface area (TPSA) is 44.1 Å². The second-order valence-corrected chi connectivity index (χ2v) is 5.59. The number of carbonyl (C=O) groups is 1. The van der Waals surface area contributed by atoms with Gasteiger partial charge in [0.2, 0.25) is 0 Å². The van der Waals surface area contributed by atoms with Crippen molar-refractivity contribution in [3.05, 3.63) is 41.7 Å². The van der Waals surface area contributed by atoms with Crippen molar-refractivity contribution in [1.82, 2.24) is 9.78 Å². The number of methoxy groups -OCH3 is 1. The van der Waals surface area contributed by atoms with Crippen molar-refractivity contribution in [2.45, 2.75) is 17.7 Å². The zero-order chi connectivity index (χ0) is 13.4. The Morgan fingerprint density at radius 1 is 1.37 bits per heavy atom. The molecule has 1 unspecified atom stereocenters. The van der Waals surface area contributed by atoms with E-state index in [1.165, 1.54) is 0 Å². The van der Waals surface area contributed by atoms with Gasteiger partial charge in [0.25, 0.3) is 0 Å². The minimum absolute atomic E-state index is 0.0754. The van der Waals surface area contributed by atoms with Crippen LogP contribution < -0.4 is 4.74 Å². The van der Waals surface area contributed by atoms with Crippen LogP contribution in [0.3, 0.4) is 0 Å². The fourth-order valence-electron chi connectivity index (χ4n) is 2.33. The molecule has 0 N–H and O–H groups in total. The van der Waals surface area contributed by atoms with Gasteiger partial charge in [-0.3, -0.25) is 4.79 Å². The summed E-state index contributed by atoms with van der Waals surface area (Å²) in [4.78, 5) is 12.0. The van der Waals surface area contributed by atoms with Crippen LogP contribution in [-0.2, 0) is 6.42 Å². The van der Waals surface area contributed by atoms with Crippen molar-refractivity contribution in [3.8, 4) is 11.4 Å². The minimum atomic E-state index is -0.0754. The minimum Gasteiger partial charge on any atom is -0.497 e. The Morgan fingerprint density at radius 3 is 2.79 bits per heavy atom. The molecule has 0 aliphatic heterocycles. The van der Waals surface area contributed by atoms with Crippen molar-refractivity contribution in [1.29, 1.82) is 0 Å². The lowest BCUT2D eigenvalue weighted by molar-refractivity contribution is 0.0981. The van der Waals surface area contributed by atoms with Gasteiger partial charge >= 0.3 is 0 Å². The Bertz CT molecular complexity index is 619. The molecule has 1 aromatic heterocycles. The van der Waals surface area contributed by atoms with Crippen molar-refractivity contribution in [2.75, 3.05) is 7.11 Å². The van der Waals surface area contributed by atoms with E-state index in [-0.39, 0.29) is 10.6 Å². The summed E-state index contributed by atoms with van der Waals surface area (Å²) >= 11 is 3.40. The first-order valence-electron chi connectivity index (χ1n) is 6.10. The molecule has 0 bridgehead atoms. The molecule has 0 amide bonds. The van der Waals surface area contributed by atoms with Gasteiger partial charge in [0.15, 0.2) is 5.78 Å². The van der Waals surface area contributed by atoms with Gasteiger partial charge in [-0.25, -0.2) is 4.68 Å². The van der Waals surface area contributed by atoms with Crippen molar-refractivity contribution < 1.29 is 9.53 Å². The van der Waals surface area contributed by atoms with Crippen LogP contribution >= 0.6 is 15.9 Å². The SMILES string of the molecule is COc1ccc(-n2ncc3c2CCC(Br)C3=O)cc1. The molecule has 0 saturated carbocycles. The summed E-state index contributed by atoms with van der Waals surface area (Å²) in [6, 6.07) is 7.66. The Morgan fingerprint density at radius 2 is 2.11 bits per heavy atom. The number of alkyl halides is 1. The maximum absolute atomic E-state index is 12.0. The number of ether oxygens (including phenoxy) is 1. The van der Waals surface area contributed by atoms with Crippen LogP contribution in [0.15, 0.2) is 30.5 Å². The number of aromatic nitrogens is 2. The number of fused-ring (bicyclic) bond motifs is 1. The van der Waals surface area contributed by atoms with E-state index in [2.05, 4.69) is 21.0 Å². The van der Waals surface area contributed by atoms with Gasteiger partial charge in [-0.05, 0) is 37.1 Å². The molecule has 1 heterocycles. The quantitative estimate of drug-likeness (QED) is 0.799. The number of benzene rings is 1. The van der Waals surface area contributed by atoms with Gasteiger partial charge in [0, 0.05) is 0 Å². The van der Waals surface area contributed by atoms with Crippen molar-refractivity contribution in [2.24, 2.45) is 0 Å². The summed E-state index contributed by atoms with van der Waals surface area (Å²) in [5.41, 5.74) is 2.66. The predicted octanol–water partition coefficient (Wildman–Crippen LogP) is 2.77. The van der Waals surface area contributed by atoms with E-state index in [0.717, 1.165) is 35.5 Å². The molecular formula is C14H13BrN2O2. The first-order chi connectivity index (χ1) is 9.20. The lowest BCUT2D eigenvalue weighted by Gasteiger charge is -2.17. The molecule has 98 valence electrons. The van der Waals surface area contributed by atoms with Crippen LogP contribution in [0.1, 0.15) is 22.5 Å². The van der Waals surface area contributed by atoms with E-state index >= 15 is 0 Å². The number of nitrogens with zero attached hydrogens (tertiary/aromatic N) is 2. The highest BCUT2D eigenvalue weighted by atomic mass is 79.9. The lowest BCUT2D eigenvalue weighted by atomic mass is 9.96. The fraction of sp³-hybridized carbons (Fsp3) is 0.286. The molecule has 5 heteroatoms. The van der Waals surface area contributed by atoms with Crippen LogP contribution in [0, 0.1) is 0 Å². The highest BCUT2D eigenvalue weighted by Gasteiger charge is 2.28. The standard InChI is InChI=1S/C14H13BrN2O2/c1-19-10-4-2-9(3-5-10)17-13-7-6-12(15)14(18)11(13)8-16-17/h2-5,8,12H,6-7H2,1H3. The molecule has 3 rings (SSSR count). The number of Topliss-reactive ketones (excluding diaryl/α,β-unsaturated/α-hetero) is 1. The fourth-order valence-corrected chi connectivity index (χ4v) is 2.80. The number of carbonyl (C=O) groups excluding carboxylic acids is 1. The first kappa shape index (κ1) is 12.4. The number of halogens is 1. The number of rotatable bonds is 2. The first-order valence-corrected chi connectivity index (χ1v) is 7.02. The zero-order valence-corrected chi connectivity index (χ0v) is 12.1. The maximum atomic E-state index is 12.0. The summed E-state index contributed by atoms with van der Waals surface area (Å²) in [5, 5.41) is 4.34. The summed E-state index contributed by atoms with van der Waals surface area (Å²) in [5.74, 6) is 0.933. The third kappa shape index (κ3) is 2.08. The highest BCUT2D eigenvalue weighted by molar-refractivity contribution is 9.10. The summed E-state index contributed by atoms with van der Waals surface area (Å²) in [6.07, 6.45) is 3.33. The second kappa shape index (κ2) is 4.81. The zero-order valence-electron chi connectivity index (χ0n) is 10.5. The van der Waals surface area contributed by atoms with Crippen LogP contribution in [0.5, 0.6) is 5.75 Å². The largest absolute Gasteiger partial charge is 0.497 e. The lowest BCUT2D eigenvalue weighted by Crippen LogP contribution is -2.22. The van der Waals surface area contributed by atoms with Gasteiger partial charge < -0.3 is 4.74 Å². The third-order valence-corrected chi connectivity index (χ3v) is 4.24. The molecular weight excluding hydrogens is 308 g/mol. The van der Waals surface area contributed by atoms with Crippen LogP contribution in [0.2, 0.25) is 0 Å². The molecule has 4 nitrogen and oxygen atoms in total. The Hall–Kier alpha value is -1.62. The van der Waals surface area contributed by atoms with E-state index in [0.29, 0.717) is 0 Å².